The molecule has 2 saturated heterocycles. The van der Waals surface area contributed by atoms with Gasteiger partial charge in [0.2, 0.25) is 5.95 Å². The van der Waals surface area contributed by atoms with Gasteiger partial charge in [0.15, 0.2) is 0 Å². The van der Waals surface area contributed by atoms with E-state index in [4.69, 9.17) is 6.42 Å². The molecule has 0 bridgehead atoms. The molecular formula is C29H32N6O. The number of anilines is 2. The molecule has 5 rings (SSSR count). The molecule has 0 atom stereocenters. The first-order valence-electron chi connectivity index (χ1n) is 12.6. The molecule has 7 heteroatoms. The van der Waals surface area contributed by atoms with Crippen molar-refractivity contribution in [3.05, 3.63) is 83.2 Å². The minimum Gasteiger partial charge on any atom is -0.368 e. The summed E-state index contributed by atoms with van der Waals surface area (Å²) < 4.78 is 0. The Morgan fingerprint density at radius 2 is 1.58 bits per heavy atom. The van der Waals surface area contributed by atoms with E-state index in [0.29, 0.717) is 13.1 Å². The number of para-hydroxylation sites is 1. The van der Waals surface area contributed by atoms with Crippen LogP contribution in [-0.4, -0.2) is 78.0 Å². The van der Waals surface area contributed by atoms with Crippen LogP contribution < -0.4 is 9.80 Å². The Morgan fingerprint density at radius 1 is 0.889 bits per heavy atom. The third kappa shape index (κ3) is 5.19. The second kappa shape index (κ2) is 10.8. The van der Waals surface area contributed by atoms with Gasteiger partial charge in [-0.3, -0.25) is 9.69 Å². The molecule has 0 aliphatic carbocycles. The molecule has 3 aromatic rings. The average molecular weight is 481 g/mol. The number of piperazine rings is 2. The first-order chi connectivity index (χ1) is 17.6. The molecule has 0 saturated carbocycles. The van der Waals surface area contributed by atoms with Crippen LogP contribution in [0.1, 0.15) is 27.0 Å². The smallest absolute Gasteiger partial charge is 0.254 e. The van der Waals surface area contributed by atoms with Crippen LogP contribution in [0.4, 0.5) is 11.6 Å². The van der Waals surface area contributed by atoms with Gasteiger partial charge < -0.3 is 14.7 Å². The standard InChI is InChI=1S/C29H32N6O/c1-3-25-7-4-5-8-27(25)33-15-13-32(14-16-33)22-24-10-9-23(2)26(21-24)28(36)34-17-19-35(20-18-34)29-30-11-6-12-31-29/h1,4-12,21H,13-20,22H2,2H3. The molecule has 2 aromatic carbocycles. The number of rotatable bonds is 5. The van der Waals surface area contributed by atoms with Gasteiger partial charge in [-0.15, -0.1) is 6.42 Å². The fourth-order valence-corrected chi connectivity index (χ4v) is 5.01. The van der Waals surface area contributed by atoms with Crippen LogP contribution in [0.3, 0.4) is 0 Å². The fraction of sp³-hybridized carbons (Fsp3) is 0.345. The molecule has 2 aliphatic rings. The summed E-state index contributed by atoms with van der Waals surface area (Å²) in [6.07, 6.45) is 9.21. The molecule has 2 fully saturated rings. The Bertz CT molecular complexity index is 1240. The largest absolute Gasteiger partial charge is 0.368 e. The van der Waals surface area contributed by atoms with Crippen molar-refractivity contribution in [3.63, 3.8) is 0 Å². The molecule has 0 N–H and O–H groups in total. The highest BCUT2D eigenvalue weighted by Crippen LogP contribution is 2.22. The molecule has 2 aliphatic heterocycles. The van der Waals surface area contributed by atoms with Crippen LogP contribution in [0, 0.1) is 19.3 Å². The van der Waals surface area contributed by atoms with Crippen molar-refractivity contribution in [1.29, 1.82) is 0 Å². The summed E-state index contributed by atoms with van der Waals surface area (Å²) in [5.74, 6) is 3.64. The zero-order chi connectivity index (χ0) is 24.9. The molecule has 0 unspecified atom stereocenters. The lowest BCUT2D eigenvalue weighted by Gasteiger charge is -2.37. The Labute approximate surface area is 213 Å². The topological polar surface area (TPSA) is 55.8 Å². The molecular weight excluding hydrogens is 448 g/mol. The minimum absolute atomic E-state index is 0.110. The predicted molar refractivity (Wildman–Crippen MR) is 143 cm³/mol. The number of aryl methyl sites for hydroxylation is 1. The van der Waals surface area contributed by atoms with Crippen molar-refractivity contribution in [3.8, 4) is 12.3 Å². The number of hydrogen-bond donors (Lipinski definition) is 0. The van der Waals surface area contributed by atoms with E-state index in [0.717, 1.165) is 74.1 Å². The van der Waals surface area contributed by atoms with Crippen molar-refractivity contribution in [2.24, 2.45) is 0 Å². The van der Waals surface area contributed by atoms with Crippen LogP contribution in [0.25, 0.3) is 0 Å². The van der Waals surface area contributed by atoms with E-state index in [1.165, 1.54) is 5.56 Å². The van der Waals surface area contributed by atoms with Crippen molar-refractivity contribution < 1.29 is 4.79 Å². The van der Waals surface area contributed by atoms with E-state index < -0.39 is 0 Å². The van der Waals surface area contributed by atoms with E-state index in [-0.39, 0.29) is 5.91 Å². The van der Waals surface area contributed by atoms with Gasteiger partial charge >= 0.3 is 0 Å². The first-order valence-corrected chi connectivity index (χ1v) is 12.6. The number of nitrogens with zero attached hydrogens (tertiary/aromatic N) is 6. The summed E-state index contributed by atoms with van der Waals surface area (Å²) in [7, 11) is 0. The lowest BCUT2D eigenvalue weighted by Crippen LogP contribution is -2.49. The maximum atomic E-state index is 13.4. The number of aromatic nitrogens is 2. The van der Waals surface area contributed by atoms with Crippen molar-refractivity contribution in [1.82, 2.24) is 19.8 Å². The SMILES string of the molecule is C#Cc1ccccc1N1CCN(Cc2ccc(C)c(C(=O)N3CCN(c4ncccn4)CC3)c2)CC1. The van der Waals surface area contributed by atoms with E-state index in [1.807, 2.05) is 36.1 Å². The highest BCUT2D eigenvalue weighted by Gasteiger charge is 2.25. The highest BCUT2D eigenvalue weighted by atomic mass is 16.2. The monoisotopic (exact) mass is 480 g/mol. The summed E-state index contributed by atoms with van der Waals surface area (Å²) in [5.41, 5.74) is 5.09. The normalized spacial score (nSPS) is 16.6. The van der Waals surface area contributed by atoms with Gasteiger partial charge in [0.25, 0.3) is 5.91 Å². The Hall–Kier alpha value is -3.89. The van der Waals surface area contributed by atoms with E-state index in [9.17, 15) is 4.79 Å². The number of carbonyl (C=O) groups excluding carboxylic acids is 1. The molecule has 36 heavy (non-hydrogen) atoms. The Balaban J connectivity index is 1.19. The molecule has 1 aromatic heterocycles. The number of amides is 1. The van der Waals surface area contributed by atoms with Crippen molar-refractivity contribution in [2.45, 2.75) is 13.5 Å². The molecule has 3 heterocycles. The van der Waals surface area contributed by atoms with Crippen LogP contribution in [0.2, 0.25) is 0 Å². The molecule has 1 amide bonds. The number of carbonyl (C=O) groups is 1. The summed E-state index contributed by atoms with van der Waals surface area (Å²) in [6.45, 7) is 9.46. The number of benzene rings is 2. The van der Waals surface area contributed by atoms with Crippen LogP contribution in [-0.2, 0) is 6.54 Å². The molecule has 0 radical (unpaired) electrons. The summed E-state index contributed by atoms with van der Waals surface area (Å²) in [6, 6.07) is 16.3. The summed E-state index contributed by atoms with van der Waals surface area (Å²) in [4.78, 5) is 31.0. The minimum atomic E-state index is 0.110. The first kappa shape index (κ1) is 23.8. The van der Waals surface area contributed by atoms with Gasteiger partial charge in [-0.2, -0.15) is 0 Å². The quantitative estimate of drug-likeness (QED) is 0.524. The van der Waals surface area contributed by atoms with E-state index in [2.05, 4.69) is 54.9 Å². The lowest BCUT2D eigenvalue weighted by atomic mass is 10.0. The van der Waals surface area contributed by atoms with Crippen molar-refractivity contribution in [2.75, 3.05) is 62.2 Å². The fourth-order valence-electron chi connectivity index (χ4n) is 5.01. The summed E-state index contributed by atoms with van der Waals surface area (Å²) in [5, 5.41) is 0. The van der Waals surface area contributed by atoms with Gasteiger partial charge in [-0.1, -0.05) is 30.2 Å². The van der Waals surface area contributed by atoms with Gasteiger partial charge in [0.1, 0.15) is 0 Å². The zero-order valence-electron chi connectivity index (χ0n) is 20.8. The van der Waals surface area contributed by atoms with E-state index in [1.54, 1.807) is 12.4 Å². The second-order valence-corrected chi connectivity index (χ2v) is 9.40. The average Bonchev–Trinajstić information content (AvgIpc) is 2.94. The lowest BCUT2D eigenvalue weighted by molar-refractivity contribution is 0.0745. The predicted octanol–water partition coefficient (Wildman–Crippen LogP) is 3.05. The Kier molecular flexibility index (Phi) is 7.15. The van der Waals surface area contributed by atoms with Crippen LogP contribution in [0.15, 0.2) is 60.9 Å². The summed E-state index contributed by atoms with van der Waals surface area (Å²) >= 11 is 0. The van der Waals surface area contributed by atoms with Crippen LogP contribution in [0.5, 0.6) is 0 Å². The van der Waals surface area contributed by atoms with Crippen LogP contribution >= 0.6 is 0 Å². The van der Waals surface area contributed by atoms with Gasteiger partial charge in [-0.25, -0.2) is 9.97 Å². The zero-order valence-corrected chi connectivity index (χ0v) is 20.8. The molecule has 184 valence electrons. The highest BCUT2D eigenvalue weighted by molar-refractivity contribution is 5.96. The van der Waals surface area contributed by atoms with E-state index >= 15 is 0 Å². The maximum Gasteiger partial charge on any atom is 0.254 e. The molecule has 0 spiro atoms. The third-order valence-corrected chi connectivity index (χ3v) is 7.11. The number of hydrogen-bond acceptors (Lipinski definition) is 6. The maximum absolute atomic E-state index is 13.4. The number of terminal acetylenes is 1. The molecule has 7 nitrogen and oxygen atoms in total. The Morgan fingerprint density at radius 3 is 2.31 bits per heavy atom. The van der Waals surface area contributed by atoms with Gasteiger partial charge in [0.05, 0.1) is 5.69 Å². The van der Waals surface area contributed by atoms with Crippen molar-refractivity contribution >= 4 is 17.5 Å². The second-order valence-electron chi connectivity index (χ2n) is 9.40. The van der Waals surface area contributed by atoms with Gasteiger partial charge in [-0.05, 0) is 42.3 Å². The van der Waals surface area contributed by atoms with Gasteiger partial charge in [0, 0.05) is 82.4 Å². The third-order valence-electron chi connectivity index (χ3n) is 7.11.